The van der Waals surface area contributed by atoms with Crippen LogP contribution >= 0.6 is 0 Å². The van der Waals surface area contributed by atoms with Crippen molar-refractivity contribution in [2.75, 3.05) is 40.5 Å². The molecule has 1 amide bonds. The van der Waals surface area contributed by atoms with Crippen molar-refractivity contribution in [3.8, 4) is 23.4 Å². The number of fused-ring (bicyclic) bond motifs is 1. The maximum absolute atomic E-state index is 12.5. The van der Waals surface area contributed by atoms with Crippen LogP contribution in [0.4, 0.5) is 4.79 Å². The lowest BCUT2D eigenvalue weighted by Crippen LogP contribution is -2.42. The molecule has 2 aliphatic rings. The molecule has 3 N–H and O–H groups in total. The van der Waals surface area contributed by atoms with Crippen LogP contribution in [-0.2, 0) is 16.1 Å². The SMILES string of the molecule is COCc1[nH]nc2c1[C@@H](c1ccc(OC(=O)N3CCOCC3)c(OC)c1)C(C#N)=C(N)O2. The zero-order chi connectivity index (χ0) is 22.7. The number of allylic oxidation sites excluding steroid dienone is 1. The number of carbonyl (C=O) groups is 1. The number of aromatic nitrogens is 2. The summed E-state index contributed by atoms with van der Waals surface area (Å²) in [6, 6.07) is 7.21. The van der Waals surface area contributed by atoms with E-state index in [-0.39, 0.29) is 29.7 Å². The molecule has 0 saturated carbocycles. The van der Waals surface area contributed by atoms with Crippen LogP contribution in [0.5, 0.6) is 17.4 Å². The number of hydrogen-bond acceptors (Lipinski definition) is 9. The van der Waals surface area contributed by atoms with Gasteiger partial charge >= 0.3 is 6.09 Å². The van der Waals surface area contributed by atoms with Gasteiger partial charge in [-0.05, 0) is 17.7 Å². The van der Waals surface area contributed by atoms with Gasteiger partial charge in [0.15, 0.2) is 11.5 Å². The van der Waals surface area contributed by atoms with E-state index in [1.54, 1.807) is 30.2 Å². The molecule has 2 aliphatic heterocycles. The molecule has 0 radical (unpaired) electrons. The van der Waals surface area contributed by atoms with Crippen LogP contribution in [0.3, 0.4) is 0 Å². The quantitative estimate of drug-likeness (QED) is 0.707. The first kappa shape index (κ1) is 21.5. The second-order valence-corrected chi connectivity index (χ2v) is 7.16. The third kappa shape index (κ3) is 3.93. The zero-order valence-electron chi connectivity index (χ0n) is 17.7. The highest BCUT2D eigenvalue weighted by atomic mass is 16.6. The standard InChI is InChI=1S/C21H23N5O6/c1-28-11-14-18-17(13(10-22)19(23)32-20(18)25-24-14)12-3-4-15(16(9-12)29-2)31-21(27)26-5-7-30-8-6-26/h3-4,9,17H,5-8,11,23H2,1-2H3,(H,24,25)/t17-/m0/s1. The van der Waals surface area contributed by atoms with Gasteiger partial charge in [-0.2, -0.15) is 5.26 Å². The fraction of sp³-hybridized carbons (Fsp3) is 0.381. The molecule has 32 heavy (non-hydrogen) atoms. The predicted molar refractivity (Wildman–Crippen MR) is 110 cm³/mol. The van der Waals surface area contributed by atoms with E-state index in [1.807, 2.05) is 0 Å². The van der Waals surface area contributed by atoms with E-state index < -0.39 is 12.0 Å². The Labute approximate surface area is 184 Å². The summed E-state index contributed by atoms with van der Waals surface area (Å²) in [4.78, 5) is 14.1. The summed E-state index contributed by atoms with van der Waals surface area (Å²) >= 11 is 0. The van der Waals surface area contributed by atoms with Crippen LogP contribution in [0.1, 0.15) is 22.7 Å². The second kappa shape index (κ2) is 9.17. The molecule has 0 aliphatic carbocycles. The molecule has 4 rings (SSSR count). The summed E-state index contributed by atoms with van der Waals surface area (Å²) in [5.74, 6) is 0.290. The Morgan fingerprint density at radius 3 is 2.81 bits per heavy atom. The van der Waals surface area contributed by atoms with Gasteiger partial charge in [0, 0.05) is 20.2 Å². The van der Waals surface area contributed by atoms with E-state index in [0.29, 0.717) is 48.9 Å². The van der Waals surface area contributed by atoms with E-state index in [0.717, 1.165) is 0 Å². The summed E-state index contributed by atoms with van der Waals surface area (Å²) in [6.45, 7) is 2.10. The minimum absolute atomic E-state index is 0.0257. The van der Waals surface area contributed by atoms with E-state index in [2.05, 4.69) is 16.3 Å². The van der Waals surface area contributed by atoms with Crippen LogP contribution in [0.2, 0.25) is 0 Å². The summed E-state index contributed by atoms with van der Waals surface area (Å²) in [5.41, 5.74) is 8.23. The van der Waals surface area contributed by atoms with E-state index >= 15 is 0 Å². The predicted octanol–water partition coefficient (Wildman–Crippen LogP) is 1.61. The van der Waals surface area contributed by atoms with Crippen molar-refractivity contribution >= 4 is 6.09 Å². The van der Waals surface area contributed by atoms with Crippen molar-refractivity contribution in [1.29, 1.82) is 5.26 Å². The lowest BCUT2D eigenvalue weighted by molar-refractivity contribution is 0.0413. The molecule has 1 aromatic heterocycles. The first-order valence-corrected chi connectivity index (χ1v) is 9.93. The third-order valence-corrected chi connectivity index (χ3v) is 5.29. The molecule has 1 saturated heterocycles. The Hall–Kier alpha value is -3.75. The molecule has 1 aromatic carbocycles. The molecule has 3 heterocycles. The lowest BCUT2D eigenvalue weighted by Gasteiger charge is -2.26. The number of amides is 1. The van der Waals surface area contributed by atoms with Gasteiger partial charge in [0.2, 0.25) is 11.8 Å². The van der Waals surface area contributed by atoms with Gasteiger partial charge in [0.25, 0.3) is 0 Å². The number of H-pyrrole nitrogens is 1. The van der Waals surface area contributed by atoms with Gasteiger partial charge in [-0.1, -0.05) is 6.07 Å². The number of nitriles is 1. The number of nitrogens with zero attached hydrogens (tertiary/aromatic N) is 3. The molecule has 1 fully saturated rings. The highest BCUT2D eigenvalue weighted by molar-refractivity contribution is 5.72. The highest BCUT2D eigenvalue weighted by Gasteiger charge is 2.35. The average Bonchev–Trinajstić information content (AvgIpc) is 3.21. The second-order valence-electron chi connectivity index (χ2n) is 7.16. The van der Waals surface area contributed by atoms with Crippen molar-refractivity contribution in [2.24, 2.45) is 5.73 Å². The Balaban J connectivity index is 1.69. The molecule has 0 bridgehead atoms. The summed E-state index contributed by atoms with van der Waals surface area (Å²) in [7, 11) is 3.03. The molecular weight excluding hydrogens is 418 g/mol. The number of rotatable bonds is 5. The number of aromatic amines is 1. The van der Waals surface area contributed by atoms with Crippen LogP contribution in [-0.4, -0.2) is 61.7 Å². The number of carbonyl (C=O) groups excluding carboxylic acids is 1. The number of ether oxygens (including phenoxy) is 5. The molecule has 0 unspecified atom stereocenters. The van der Waals surface area contributed by atoms with Gasteiger partial charge in [-0.25, -0.2) is 4.79 Å². The fourth-order valence-electron chi connectivity index (χ4n) is 3.75. The molecule has 11 heteroatoms. The van der Waals surface area contributed by atoms with Crippen molar-refractivity contribution < 1.29 is 28.5 Å². The first-order valence-electron chi connectivity index (χ1n) is 9.93. The molecule has 1 atom stereocenters. The van der Waals surface area contributed by atoms with Crippen LogP contribution < -0.4 is 19.9 Å². The van der Waals surface area contributed by atoms with Crippen LogP contribution in [0.25, 0.3) is 0 Å². The Morgan fingerprint density at radius 2 is 2.12 bits per heavy atom. The maximum Gasteiger partial charge on any atom is 0.415 e. The summed E-state index contributed by atoms with van der Waals surface area (Å²) in [6.07, 6.45) is -0.480. The Morgan fingerprint density at radius 1 is 1.34 bits per heavy atom. The summed E-state index contributed by atoms with van der Waals surface area (Å²) < 4.78 is 27.1. The van der Waals surface area contributed by atoms with E-state index in [4.69, 9.17) is 29.4 Å². The number of benzene rings is 1. The van der Waals surface area contributed by atoms with Gasteiger partial charge < -0.3 is 34.3 Å². The molecule has 11 nitrogen and oxygen atoms in total. The lowest BCUT2D eigenvalue weighted by atomic mass is 9.84. The van der Waals surface area contributed by atoms with Gasteiger partial charge in [0.1, 0.15) is 11.6 Å². The van der Waals surface area contributed by atoms with E-state index in [9.17, 15) is 10.1 Å². The number of nitrogens with one attached hydrogen (secondary N) is 1. The molecule has 168 valence electrons. The largest absolute Gasteiger partial charge is 0.493 e. The van der Waals surface area contributed by atoms with Gasteiger partial charge in [0.05, 0.1) is 44.1 Å². The molecule has 0 spiro atoms. The van der Waals surface area contributed by atoms with Gasteiger partial charge in [-0.15, -0.1) is 5.10 Å². The molecule has 2 aromatic rings. The molecular formula is C21H23N5O6. The minimum Gasteiger partial charge on any atom is -0.493 e. The normalized spacial score (nSPS) is 17.9. The smallest absolute Gasteiger partial charge is 0.415 e. The van der Waals surface area contributed by atoms with Gasteiger partial charge in [-0.3, -0.25) is 5.10 Å². The van der Waals surface area contributed by atoms with Crippen molar-refractivity contribution in [2.45, 2.75) is 12.5 Å². The number of methoxy groups -OCH3 is 2. The third-order valence-electron chi connectivity index (χ3n) is 5.29. The first-order chi connectivity index (χ1) is 15.6. The highest BCUT2D eigenvalue weighted by Crippen LogP contribution is 2.44. The van der Waals surface area contributed by atoms with E-state index in [1.165, 1.54) is 7.11 Å². The summed E-state index contributed by atoms with van der Waals surface area (Å²) in [5, 5.41) is 16.8. The van der Waals surface area contributed by atoms with Crippen molar-refractivity contribution in [3.05, 3.63) is 46.5 Å². The average molecular weight is 441 g/mol. The fourth-order valence-corrected chi connectivity index (χ4v) is 3.75. The maximum atomic E-state index is 12.5. The van der Waals surface area contributed by atoms with Crippen molar-refractivity contribution in [3.63, 3.8) is 0 Å². The minimum atomic E-state index is -0.564. The Bertz CT molecular complexity index is 1080. The van der Waals surface area contributed by atoms with Crippen molar-refractivity contribution in [1.82, 2.24) is 15.1 Å². The number of nitrogens with two attached hydrogens (primary N) is 1. The topological polar surface area (TPSA) is 145 Å². The zero-order valence-corrected chi connectivity index (χ0v) is 17.7. The number of hydrogen-bond donors (Lipinski definition) is 2. The monoisotopic (exact) mass is 441 g/mol. The number of morpholine rings is 1. The Kier molecular flexibility index (Phi) is 6.16. The van der Waals surface area contributed by atoms with Crippen LogP contribution in [0.15, 0.2) is 29.7 Å². The van der Waals surface area contributed by atoms with Crippen LogP contribution in [0, 0.1) is 11.3 Å².